The molecule has 0 radical (unpaired) electrons. The third-order valence-electron chi connectivity index (χ3n) is 4.07. The van der Waals surface area contributed by atoms with E-state index < -0.39 is 17.7 Å². The smallest absolute Gasteiger partial charge is 0.408 e. The van der Waals surface area contributed by atoms with Gasteiger partial charge in [0.1, 0.15) is 17.7 Å². The molecule has 0 aliphatic carbocycles. The minimum absolute atomic E-state index is 0.0367. The molecule has 0 saturated carbocycles. The number of amides is 2. The summed E-state index contributed by atoms with van der Waals surface area (Å²) in [5.41, 5.74) is 0.459. The van der Waals surface area contributed by atoms with Crippen LogP contribution < -0.4 is 5.32 Å². The summed E-state index contributed by atoms with van der Waals surface area (Å²) in [6.45, 7) is 6.46. The first-order valence-electron chi connectivity index (χ1n) is 8.29. The van der Waals surface area contributed by atoms with Crippen LogP contribution in [0.15, 0.2) is 30.3 Å². The molecule has 2 aliphatic rings. The quantitative estimate of drug-likeness (QED) is 0.860. The van der Waals surface area contributed by atoms with E-state index in [-0.39, 0.29) is 18.1 Å². The zero-order valence-electron chi connectivity index (χ0n) is 14.3. The van der Waals surface area contributed by atoms with Crippen molar-refractivity contribution in [3.05, 3.63) is 35.9 Å². The molecular formula is C18H24N2O4. The van der Waals surface area contributed by atoms with Gasteiger partial charge in [0.2, 0.25) is 5.91 Å². The van der Waals surface area contributed by atoms with Crippen LogP contribution in [-0.4, -0.2) is 47.3 Å². The second-order valence-electron chi connectivity index (χ2n) is 7.35. The fourth-order valence-electron chi connectivity index (χ4n) is 2.92. The van der Waals surface area contributed by atoms with Crippen LogP contribution in [0.3, 0.4) is 0 Å². The molecule has 1 N–H and O–H groups in total. The summed E-state index contributed by atoms with van der Waals surface area (Å²) in [6.07, 6.45) is 0.0333. The SMILES string of the molecule is CC(C)(C)OC(=O)N[C@@H]1C[C@@H]2O[C@@H]2CN(Cc2ccccc2)C1=O. The van der Waals surface area contributed by atoms with Crippen LogP contribution in [-0.2, 0) is 20.8 Å². The van der Waals surface area contributed by atoms with E-state index >= 15 is 0 Å². The number of fused-ring (bicyclic) bond motifs is 1. The molecule has 0 spiro atoms. The van der Waals surface area contributed by atoms with Crippen molar-refractivity contribution in [2.45, 2.75) is 57.6 Å². The largest absolute Gasteiger partial charge is 0.444 e. The molecule has 2 heterocycles. The number of carbonyl (C=O) groups excluding carboxylic acids is 2. The molecule has 1 aromatic carbocycles. The summed E-state index contributed by atoms with van der Waals surface area (Å²) in [6, 6.07) is 9.20. The minimum Gasteiger partial charge on any atom is -0.444 e. The van der Waals surface area contributed by atoms with Crippen molar-refractivity contribution in [1.29, 1.82) is 0 Å². The van der Waals surface area contributed by atoms with Crippen molar-refractivity contribution in [1.82, 2.24) is 10.2 Å². The Labute approximate surface area is 142 Å². The van der Waals surface area contributed by atoms with Crippen LogP contribution in [0.4, 0.5) is 4.79 Å². The Hall–Kier alpha value is -2.08. The van der Waals surface area contributed by atoms with E-state index in [1.807, 2.05) is 30.3 Å². The van der Waals surface area contributed by atoms with Gasteiger partial charge in [0.15, 0.2) is 0 Å². The number of epoxide rings is 1. The van der Waals surface area contributed by atoms with Crippen molar-refractivity contribution in [3.63, 3.8) is 0 Å². The number of hydrogen-bond acceptors (Lipinski definition) is 4. The highest BCUT2D eigenvalue weighted by molar-refractivity contribution is 5.86. The van der Waals surface area contributed by atoms with Gasteiger partial charge in [0.25, 0.3) is 0 Å². The zero-order chi connectivity index (χ0) is 17.3. The Morgan fingerprint density at radius 2 is 2.00 bits per heavy atom. The van der Waals surface area contributed by atoms with Crippen LogP contribution in [0.5, 0.6) is 0 Å². The summed E-state index contributed by atoms with van der Waals surface area (Å²) in [5.74, 6) is -0.0829. The highest BCUT2D eigenvalue weighted by atomic mass is 16.6. The number of benzene rings is 1. The van der Waals surface area contributed by atoms with Gasteiger partial charge in [-0.1, -0.05) is 30.3 Å². The average molecular weight is 332 g/mol. The van der Waals surface area contributed by atoms with Gasteiger partial charge in [-0.15, -0.1) is 0 Å². The Morgan fingerprint density at radius 3 is 2.67 bits per heavy atom. The fourth-order valence-corrected chi connectivity index (χ4v) is 2.92. The molecule has 1 aromatic rings. The average Bonchev–Trinajstić information content (AvgIpc) is 3.22. The molecule has 2 aliphatic heterocycles. The maximum atomic E-state index is 12.8. The standard InChI is InChI=1S/C18H24N2O4/c1-18(2,3)24-17(22)19-13-9-14-15(23-14)11-20(16(13)21)10-12-7-5-4-6-8-12/h4-8,13-15H,9-11H2,1-3H3,(H,19,22)/t13-,14+,15-/m1/s1. The predicted octanol–water partition coefficient (Wildman–Crippen LogP) is 2.08. The van der Waals surface area contributed by atoms with Crippen LogP contribution in [0.1, 0.15) is 32.8 Å². The van der Waals surface area contributed by atoms with Gasteiger partial charge in [0, 0.05) is 19.5 Å². The fraction of sp³-hybridized carbons (Fsp3) is 0.556. The molecular weight excluding hydrogens is 308 g/mol. The molecule has 0 bridgehead atoms. The lowest BCUT2D eigenvalue weighted by Crippen LogP contribution is -2.49. The highest BCUT2D eigenvalue weighted by Crippen LogP contribution is 2.31. The summed E-state index contributed by atoms with van der Waals surface area (Å²) in [5, 5.41) is 2.71. The zero-order valence-corrected chi connectivity index (χ0v) is 14.3. The first kappa shape index (κ1) is 16.8. The molecule has 3 rings (SSSR count). The van der Waals surface area contributed by atoms with Gasteiger partial charge < -0.3 is 19.7 Å². The van der Waals surface area contributed by atoms with Crippen molar-refractivity contribution in [2.24, 2.45) is 0 Å². The van der Waals surface area contributed by atoms with Crippen molar-refractivity contribution in [2.75, 3.05) is 6.54 Å². The lowest BCUT2D eigenvalue weighted by Gasteiger charge is -2.27. The first-order valence-corrected chi connectivity index (χ1v) is 8.29. The lowest BCUT2D eigenvalue weighted by molar-refractivity contribution is -0.134. The molecule has 0 unspecified atom stereocenters. The number of likely N-dealkylation sites (tertiary alicyclic amines) is 1. The number of nitrogens with zero attached hydrogens (tertiary/aromatic N) is 1. The summed E-state index contributed by atoms with van der Waals surface area (Å²) in [7, 11) is 0. The number of ether oxygens (including phenoxy) is 2. The van der Waals surface area contributed by atoms with Gasteiger partial charge in [-0.25, -0.2) is 4.79 Å². The first-order chi connectivity index (χ1) is 11.3. The van der Waals surface area contributed by atoms with E-state index in [2.05, 4.69) is 5.32 Å². The van der Waals surface area contributed by atoms with Gasteiger partial charge in [-0.3, -0.25) is 4.79 Å². The lowest BCUT2D eigenvalue weighted by atomic mass is 10.1. The normalized spacial score (nSPS) is 26.4. The third kappa shape index (κ3) is 4.26. The van der Waals surface area contributed by atoms with Crippen molar-refractivity contribution in [3.8, 4) is 0 Å². The Kier molecular flexibility index (Phi) is 4.49. The third-order valence-corrected chi connectivity index (χ3v) is 4.07. The molecule has 24 heavy (non-hydrogen) atoms. The molecule has 2 saturated heterocycles. The second kappa shape index (κ2) is 6.43. The van der Waals surface area contributed by atoms with E-state index in [1.54, 1.807) is 25.7 Å². The maximum Gasteiger partial charge on any atom is 0.408 e. The number of rotatable bonds is 3. The molecule has 2 fully saturated rings. The molecule has 130 valence electrons. The van der Waals surface area contributed by atoms with Gasteiger partial charge in [0.05, 0.1) is 6.10 Å². The van der Waals surface area contributed by atoms with Gasteiger partial charge in [-0.2, -0.15) is 0 Å². The van der Waals surface area contributed by atoms with E-state index in [0.717, 1.165) is 5.56 Å². The summed E-state index contributed by atoms with van der Waals surface area (Å²) >= 11 is 0. The molecule has 6 heteroatoms. The minimum atomic E-state index is -0.610. The van der Waals surface area contributed by atoms with E-state index in [9.17, 15) is 9.59 Å². The summed E-state index contributed by atoms with van der Waals surface area (Å²) in [4.78, 5) is 26.6. The Bertz CT molecular complexity index is 611. The number of carbonyl (C=O) groups is 2. The number of hydrogen-bond donors (Lipinski definition) is 1. The molecule has 2 amide bonds. The van der Waals surface area contributed by atoms with Crippen LogP contribution >= 0.6 is 0 Å². The van der Waals surface area contributed by atoms with E-state index in [1.165, 1.54) is 0 Å². The Morgan fingerprint density at radius 1 is 1.29 bits per heavy atom. The second-order valence-corrected chi connectivity index (χ2v) is 7.35. The molecule has 0 aromatic heterocycles. The predicted molar refractivity (Wildman–Crippen MR) is 88.3 cm³/mol. The van der Waals surface area contributed by atoms with E-state index in [0.29, 0.717) is 19.5 Å². The highest BCUT2D eigenvalue weighted by Gasteiger charge is 2.48. The number of nitrogens with one attached hydrogen (secondary N) is 1. The van der Waals surface area contributed by atoms with Crippen LogP contribution in [0.25, 0.3) is 0 Å². The van der Waals surface area contributed by atoms with Crippen molar-refractivity contribution >= 4 is 12.0 Å². The van der Waals surface area contributed by atoms with Crippen LogP contribution in [0.2, 0.25) is 0 Å². The van der Waals surface area contributed by atoms with Gasteiger partial charge >= 0.3 is 6.09 Å². The van der Waals surface area contributed by atoms with Crippen LogP contribution in [0, 0.1) is 0 Å². The van der Waals surface area contributed by atoms with Gasteiger partial charge in [-0.05, 0) is 26.3 Å². The van der Waals surface area contributed by atoms with E-state index in [4.69, 9.17) is 9.47 Å². The monoisotopic (exact) mass is 332 g/mol. The molecule has 6 nitrogen and oxygen atoms in total. The Balaban J connectivity index is 1.68. The van der Waals surface area contributed by atoms with Crippen molar-refractivity contribution < 1.29 is 19.1 Å². The topological polar surface area (TPSA) is 71.2 Å². The summed E-state index contributed by atoms with van der Waals surface area (Å²) < 4.78 is 10.9. The molecule has 3 atom stereocenters. The maximum absolute atomic E-state index is 12.8. The number of alkyl carbamates (subject to hydrolysis) is 1.